The van der Waals surface area contributed by atoms with E-state index in [1.165, 1.54) is 19.2 Å². The first-order chi connectivity index (χ1) is 12.4. The molecule has 0 aliphatic carbocycles. The fourth-order valence-corrected chi connectivity index (χ4v) is 2.14. The molecule has 0 saturated heterocycles. The second-order valence-corrected chi connectivity index (χ2v) is 5.93. The lowest BCUT2D eigenvalue weighted by Crippen LogP contribution is -2.32. The van der Waals surface area contributed by atoms with Crippen LogP contribution < -0.4 is 16.0 Å². The van der Waals surface area contributed by atoms with Gasteiger partial charge in [0.1, 0.15) is 5.69 Å². The minimum absolute atomic E-state index is 0.0510. The van der Waals surface area contributed by atoms with Gasteiger partial charge in [0, 0.05) is 36.1 Å². The van der Waals surface area contributed by atoms with Gasteiger partial charge < -0.3 is 16.0 Å². The summed E-state index contributed by atoms with van der Waals surface area (Å²) in [6, 6.07) is 9.77. The zero-order valence-electron chi connectivity index (χ0n) is 15.0. The molecule has 26 heavy (non-hydrogen) atoms. The number of hydrogen-bond donors (Lipinski definition) is 3. The van der Waals surface area contributed by atoms with E-state index in [4.69, 9.17) is 0 Å². The molecule has 0 aliphatic rings. The highest BCUT2D eigenvalue weighted by Crippen LogP contribution is 2.14. The van der Waals surface area contributed by atoms with Crippen LogP contribution in [0.15, 0.2) is 42.6 Å². The molecule has 0 fully saturated rings. The molecule has 1 atom stereocenters. The predicted octanol–water partition coefficient (Wildman–Crippen LogP) is 2.82. The number of nitrogens with zero attached hydrogens (tertiary/aromatic N) is 1. The summed E-state index contributed by atoms with van der Waals surface area (Å²) in [5.74, 6) is -0.829. The molecule has 2 rings (SSSR count). The molecule has 1 heterocycles. The van der Waals surface area contributed by atoms with Crippen molar-refractivity contribution in [2.75, 3.05) is 10.6 Å². The van der Waals surface area contributed by atoms with Crippen LogP contribution in [0.4, 0.5) is 11.4 Å². The molecular formula is C19H22N4O3. The van der Waals surface area contributed by atoms with Crippen molar-refractivity contribution in [3.05, 3.63) is 53.9 Å². The third-order valence-corrected chi connectivity index (χ3v) is 3.71. The van der Waals surface area contributed by atoms with Gasteiger partial charge in [-0.15, -0.1) is 0 Å². The Hall–Kier alpha value is -3.22. The summed E-state index contributed by atoms with van der Waals surface area (Å²) in [4.78, 5) is 39.6. The second-order valence-electron chi connectivity index (χ2n) is 5.93. The van der Waals surface area contributed by atoms with Crippen molar-refractivity contribution in [1.82, 2.24) is 10.3 Å². The Bertz CT molecular complexity index is 803. The molecule has 1 aromatic heterocycles. The lowest BCUT2D eigenvalue weighted by atomic mass is 10.2. The van der Waals surface area contributed by atoms with Gasteiger partial charge >= 0.3 is 0 Å². The number of aromatic nitrogens is 1. The summed E-state index contributed by atoms with van der Waals surface area (Å²) < 4.78 is 0. The minimum atomic E-state index is -0.421. The maximum absolute atomic E-state index is 12.4. The summed E-state index contributed by atoms with van der Waals surface area (Å²) in [7, 11) is 0. The van der Waals surface area contributed by atoms with Crippen LogP contribution >= 0.6 is 0 Å². The summed E-state index contributed by atoms with van der Waals surface area (Å²) in [5.41, 5.74) is 1.72. The lowest BCUT2D eigenvalue weighted by molar-refractivity contribution is -0.114. The number of pyridine rings is 1. The van der Waals surface area contributed by atoms with Crippen LogP contribution in [0.5, 0.6) is 0 Å². The Morgan fingerprint density at radius 2 is 1.62 bits per heavy atom. The zero-order chi connectivity index (χ0) is 19.1. The molecule has 1 aromatic carbocycles. The van der Waals surface area contributed by atoms with E-state index >= 15 is 0 Å². The average Bonchev–Trinajstić information content (AvgIpc) is 2.62. The average molecular weight is 354 g/mol. The first-order valence-corrected chi connectivity index (χ1v) is 8.35. The molecule has 2 aromatic rings. The van der Waals surface area contributed by atoms with E-state index in [-0.39, 0.29) is 23.6 Å². The van der Waals surface area contributed by atoms with Crippen LogP contribution in [-0.4, -0.2) is 28.7 Å². The molecule has 7 nitrogen and oxygen atoms in total. The van der Waals surface area contributed by atoms with Gasteiger partial charge in [0.15, 0.2) is 0 Å². The van der Waals surface area contributed by atoms with Gasteiger partial charge in [-0.25, -0.2) is 0 Å². The topological polar surface area (TPSA) is 100 Å². The van der Waals surface area contributed by atoms with Crippen molar-refractivity contribution in [2.45, 2.75) is 33.2 Å². The van der Waals surface area contributed by atoms with Gasteiger partial charge in [-0.1, -0.05) is 6.92 Å². The number of carbonyl (C=O) groups is 3. The maximum Gasteiger partial charge on any atom is 0.274 e. The molecule has 0 bridgehead atoms. The van der Waals surface area contributed by atoms with Crippen LogP contribution in [0.1, 0.15) is 48.0 Å². The third kappa shape index (κ3) is 5.41. The van der Waals surface area contributed by atoms with E-state index in [2.05, 4.69) is 20.9 Å². The number of hydrogen-bond acceptors (Lipinski definition) is 4. The van der Waals surface area contributed by atoms with Crippen LogP contribution in [0.3, 0.4) is 0 Å². The Balaban J connectivity index is 2.06. The van der Waals surface area contributed by atoms with Crippen molar-refractivity contribution < 1.29 is 14.4 Å². The SMILES string of the molecule is CCC(C)NC(=O)c1ccnc(C(=O)Nc2ccc(NC(C)=O)cc2)c1. The maximum atomic E-state index is 12.4. The van der Waals surface area contributed by atoms with Crippen molar-refractivity contribution >= 4 is 29.1 Å². The Morgan fingerprint density at radius 1 is 1.00 bits per heavy atom. The molecule has 3 amide bonds. The fourth-order valence-electron chi connectivity index (χ4n) is 2.14. The highest BCUT2D eigenvalue weighted by molar-refractivity contribution is 6.05. The van der Waals surface area contributed by atoms with Gasteiger partial charge in [0.05, 0.1) is 0 Å². The first-order valence-electron chi connectivity index (χ1n) is 8.35. The number of anilines is 2. The lowest BCUT2D eigenvalue weighted by Gasteiger charge is -2.12. The first kappa shape index (κ1) is 19.1. The molecule has 0 radical (unpaired) electrons. The molecular weight excluding hydrogens is 332 g/mol. The van der Waals surface area contributed by atoms with E-state index in [0.717, 1.165) is 6.42 Å². The van der Waals surface area contributed by atoms with Crippen molar-refractivity contribution in [3.63, 3.8) is 0 Å². The van der Waals surface area contributed by atoms with Gasteiger partial charge in [-0.05, 0) is 49.7 Å². The molecule has 3 N–H and O–H groups in total. The summed E-state index contributed by atoms with van der Waals surface area (Å²) in [6.45, 7) is 5.32. The second kappa shape index (κ2) is 8.75. The minimum Gasteiger partial charge on any atom is -0.350 e. The van der Waals surface area contributed by atoms with E-state index in [1.807, 2.05) is 13.8 Å². The summed E-state index contributed by atoms with van der Waals surface area (Å²) >= 11 is 0. The summed E-state index contributed by atoms with van der Waals surface area (Å²) in [5, 5.41) is 8.21. The number of benzene rings is 1. The van der Waals surface area contributed by atoms with Crippen LogP contribution in [0, 0.1) is 0 Å². The number of nitrogens with one attached hydrogen (secondary N) is 3. The smallest absolute Gasteiger partial charge is 0.274 e. The van der Waals surface area contributed by atoms with E-state index in [9.17, 15) is 14.4 Å². The molecule has 0 saturated carbocycles. The van der Waals surface area contributed by atoms with Crippen LogP contribution in [0.25, 0.3) is 0 Å². The third-order valence-electron chi connectivity index (χ3n) is 3.71. The van der Waals surface area contributed by atoms with Gasteiger partial charge in [-0.3, -0.25) is 19.4 Å². The van der Waals surface area contributed by atoms with E-state index in [1.54, 1.807) is 30.3 Å². The normalized spacial score (nSPS) is 11.3. The van der Waals surface area contributed by atoms with E-state index < -0.39 is 5.91 Å². The predicted molar refractivity (Wildman–Crippen MR) is 100 cm³/mol. The summed E-state index contributed by atoms with van der Waals surface area (Å²) in [6.07, 6.45) is 2.25. The zero-order valence-corrected chi connectivity index (χ0v) is 15.0. The monoisotopic (exact) mass is 354 g/mol. The molecule has 0 aliphatic heterocycles. The molecule has 136 valence electrons. The quantitative estimate of drug-likeness (QED) is 0.742. The fraction of sp³-hybridized carbons (Fsp3) is 0.263. The van der Waals surface area contributed by atoms with Crippen LogP contribution in [-0.2, 0) is 4.79 Å². The van der Waals surface area contributed by atoms with Crippen LogP contribution in [0.2, 0.25) is 0 Å². The highest BCUT2D eigenvalue weighted by Gasteiger charge is 2.13. The van der Waals surface area contributed by atoms with Crippen molar-refractivity contribution in [1.29, 1.82) is 0 Å². The van der Waals surface area contributed by atoms with Gasteiger partial charge in [-0.2, -0.15) is 0 Å². The molecule has 7 heteroatoms. The Morgan fingerprint density at radius 3 is 2.19 bits per heavy atom. The Kier molecular flexibility index (Phi) is 6.43. The number of amides is 3. The Labute approximate surface area is 152 Å². The molecule has 1 unspecified atom stereocenters. The highest BCUT2D eigenvalue weighted by atomic mass is 16.2. The molecule has 0 spiro atoms. The van der Waals surface area contributed by atoms with E-state index in [0.29, 0.717) is 16.9 Å². The standard InChI is InChI=1S/C19H22N4O3/c1-4-12(2)21-18(25)14-9-10-20-17(11-14)19(26)23-16-7-5-15(6-8-16)22-13(3)24/h5-12H,4H2,1-3H3,(H,21,25)(H,22,24)(H,23,26). The van der Waals surface area contributed by atoms with Gasteiger partial charge in [0.2, 0.25) is 5.91 Å². The number of carbonyl (C=O) groups excluding carboxylic acids is 3. The largest absolute Gasteiger partial charge is 0.350 e. The van der Waals surface area contributed by atoms with Crippen molar-refractivity contribution in [2.24, 2.45) is 0 Å². The number of rotatable bonds is 6. The van der Waals surface area contributed by atoms with Crippen molar-refractivity contribution in [3.8, 4) is 0 Å². The van der Waals surface area contributed by atoms with Gasteiger partial charge in [0.25, 0.3) is 11.8 Å².